The van der Waals surface area contributed by atoms with Gasteiger partial charge in [0.1, 0.15) is 5.75 Å². The van der Waals surface area contributed by atoms with Crippen LogP contribution in [0.3, 0.4) is 0 Å². The number of rotatable bonds is 2. The molecule has 0 spiro atoms. The van der Waals surface area contributed by atoms with Gasteiger partial charge in [0.15, 0.2) is 0 Å². The highest BCUT2D eigenvalue weighted by molar-refractivity contribution is 5.50. The maximum Gasteiger partial charge on any atom is 0.120 e. The van der Waals surface area contributed by atoms with Gasteiger partial charge in [-0.2, -0.15) is 0 Å². The fourth-order valence-corrected chi connectivity index (χ4v) is 4.15. The Bertz CT molecular complexity index is 482. The second-order valence-corrected chi connectivity index (χ2v) is 6.60. The molecule has 0 bridgehead atoms. The van der Waals surface area contributed by atoms with E-state index in [9.17, 15) is 5.11 Å². The Morgan fingerprint density at radius 1 is 1.16 bits per heavy atom. The fraction of sp³-hybridized carbons (Fsp3) is 0.647. The standard InChI is InChI=1S/C17H25NO/c1-10-5-4-6-13(10)18-14-9-12(3)16-11(2)7-8-15(19)17(14)16/h7-8,10,12-14,18-19H,4-6,9H2,1-3H3. The number of hydrogen-bond acceptors (Lipinski definition) is 2. The fourth-order valence-electron chi connectivity index (χ4n) is 4.15. The van der Waals surface area contributed by atoms with E-state index in [0.29, 0.717) is 23.8 Å². The van der Waals surface area contributed by atoms with Gasteiger partial charge < -0.3 is 10.4 Å². The van der Waals surface area contributed by atoms with Crippen molar-refractivity contribution in [2.45, 2.75) is 64.5 Å². The first-order chi connectivity index (χ1) is 9.08. The van der Waals surface area contributed by atoms with E-state index in [-0.39, 0.29) is 0 Å². The zero-order chi connectivity index (χ0) is 13.6. The topological polar surface area (TPSA) is 32.3 Å². The van der Waals surface area contributed by atoms with Crippen molar-refractivity contribution < 1.29 is 5.11 Å². The average molecular weight is 259 g/mol. The molecule has 0 aromatic heterocycles. The first-order valence-electron chi connectivity index (χ1n) is 7.66. The van der Waals surface area contributed by atoms with Crippen LogP contribution < -0.4 is 5.32 Å². The summed E-state index contributed by atoms with van der Waals surface area (Å²) in [5.41, 5.74) is 3.87. The summed E-state index contributed by atoms with van der Waals surface area (Å²) in [7, 11) is 0. The summed E-state index contributed by atoms with van der Waals surface area (Å²) in [5, 5.41) is 14.1. The minimum absolute atomic E-state index is 0.343. The Kier molecular flexibility index (Phi) is 3.30. The van der Waals surface area contributed by atoms with E-state index in [1.165, 1.54) is 36.0 Å². The van der Waals surface area contributed by atoms with Gasteiger partial charge in [-0.1, -0.05) is 26.3 Å². The second-order valence-electron chi connectivity index (χ2n) is 6.60. The Balaban J connectivity index is 1.89. The summed E-state index contributed by atoms with van der Waals surface area (Å²) < 4.78 is 0. The number of phenolic OH excluding ortho intramolecular Hbond substituents is 1. The third kappa shape index (κ3) is 2.16. The van der Waals surface area contributed by atoms with Crippen LogP contribution in [0, 0.1) is 12.8 Å². The molecule has 4 atom stereocenters. The molecule has 2 nitrogen and oxygen atoms in total. The first-order valence-corrected chi connectivity index (χ1v) is 7.66. The Morgan fingerprint density at radius 2 is 1.95 bits per heavy atom. The van der Waals surface area contributed by atoms with Gasteiger partial charge in [-0.3, -0.25) is 0 Å². The number of nitrogens with one attached hydrogen (secondary N) is 1. The SMILES string of the molecule is Cc1ccc(O)c2c1C(C)CC2NC1CCCC1C. The minimum atomic E-state index is 0.343. The molecule has 104 valence electrons. The summed E-state index contributed by atoms with van der Waals surface area (Å²) in [6.07, 6.45) is 5.09. The zero-order valence-electron chi connectivity index (χ0n) is 12.2. The molecular formula is C17H25NO. The molecule has 0 amide bonds. The molecule has 1 saturated carbocycles. The van der Waals surface area contributed by atoms with Crippen molar-refractivity contribution in [1.29, 1.82) is 0 Å². The molecular weight excluding hydrogens is 234 g/mol. The van der Waals surface area contributed by atoms with Crippen LogP contribution in [0.2, 0.25) is 0 Å². The zero-order valence-corrected chi connectivity index (χ0v) is 12.2. The van der Waals surface area contributed by atoms with Crippen molar-refractivity contribution in [2.75, 3.05) is 0 Å². The summed E-state index contributed by atoms with van der Waals surface area (Å²) in [6.45, 7) is 6.79. The number of hydrogen-bond donors (Lipinski definition) is 2. The predicted octanol–water partition coefficient (Wildman–Crippen LogP) is 4.03. The Morgan fingerprint density at radius 3 is 2.63 bits per heavy atom. The molecule has 1 aromatic rings. The van der Waals surface area contributed by atoms with E-state index in [0.717, 1.165) is 12.3 Å². The van der Waals surface area contributed by atoms with Gasteiger partial charge in [0.05, 0.1) is 0 Å². The van der Waals surface area contributed by atoms with E-state index < -0.39 is 0 Å². The molecule has 2 aliphatic rings. The van der Waals surface area contributed by atoms with Crippen molar-refractivity contribution in [3.05, 3.63) is 28.8 Å². The lowest BCUT2D eigenvalue weighted by Gasteiger charge is -2.24. The molecule has 0 saturated heterocycles. The molecule has 2 N–H and O–H groups in total. The maximum absolute atomic E-state index is 10.2. The predicted molar refractivity (Wildman–Crippen MR) is 78.6 cm³/mol. The van der Waals surface area contributed by atoms with Crippen molar-refractivity contribution in [2.24, 2.45) is 5.92 Å². The molecule has 19 heavy (non-hydrogen) atoms. The van der Waals surface area contributed by atoms with Gasteiger partial charge in [0.2, 0.25) is 0 Å². The molecule has 1 aromatic carbocycles. The van der Waals surface area contributed by atoms with Crippen LogP contribution in [-0.2, 0) is 0 Å². The third-order valence-corrected chi connectivity index (χ3v) is 5.19. The molecule has 2 aliphatic carbocycles. The summed E-state index contributed by atoms with van der Waals surface area (Å²) >= 11 is 0. The van der Waals surface area contributed by atoms with Gasteiger partial charge in [-0.25, -0.2) is 0 Å². The Hall–Kier alpha value is -1.02. The van der Waals surface area contributed by atoms with E-state index in [4.69, 9.17) is 0 Å². The smallest absolute Gasteiger partial charge is 0.120 e. The summed E-state index contributed by atoms with van der Waals surface area (Å²) in [5.74, 6) is 1.80. The highest BCUT2D eigenvalue weighted by Gasteiger charge is 2.35. The van der Waals surface area contributed by atoms with Gasteiger partial charge in [-0.15, -0.1) is 0 Å². The first kappa shape index (κ1) is 13.0. The van der Waals surface area contributed by atoms with Crippen LogP contribution in [0.1, 0.15) is 68.2 Å². The number of aromatic hydroxyl groups is 1. The quantitative estimate of drug-likeness (QED) is 0.840. The molecule has 0 aliphatic heterocycles. The van der Waals surface area contributed by atoms with E-state index >= 15 is 0 Å². The molecule has 0 heterocycles. The lowest BCUT2D eigenvalue weighted by Crippen LogP contribution is -2.33. The van der Waals surface area contributed by atoms with Gasteiger partial charge in [0.25, 0.3) is 0 Å². The van der Waals surface area contributed by atoms with Crippen LogP contribution >= 0.6 is 0 Å². The van der Waals surface area contributed by atoms with Crippen LogP contribution in [-0.4, -0.2) is 11.1 Å². The Labute approximate surface area is 116 Å². The van der Waals surface area contributed by atoms with Crippen LogP contribution in [0.25, 0.3) is 0 Å². The molecule has 1 fully saturated rings. The molecule has 4 unspecified atom stereocenters. The van der Waals surface area contributed by atoms with Crippen LogP contribution in [0.15, 0.2) is 12.1 Å². The largest absolute Gasteiger partial charge is 0.508 e. The maximum atomic E-state index is 10.2. The molecule has 2 heteroatoms. The minimum Gasteiger partial charge on any atom is -0.508 e. The lowest BCUT2D eigenvalue weighted by atomic mass is 9.97. The van der Waals surface area contributed by atoms with E-state index in [1.807, 2.05) is 12.1 Å². The average Bonchev–Trinajstić information content (AvgIpc) is 2.91. The number of aryl methyl sites for hydroxylation is 1. The lowest BCUT2D eigenvalue weighted by molar-refractivity contribution is 0.361. The second kappa shape index (κ2) is 4.82. The highest BCUT2D eigenvalue weighted by atomic mass is 16.3. The van der Waals surface area contributed by atoms with Gasteiger partial charge >= 0.3 is 0 Å². The van der Waals surface area contributed by atoms with Crippen molar-refractivity contribution in [3.8, 4) is 5.75 Å². The van der Waals surface area contributed by atoms with Gasteiger partial charge in [0, 0.05) is 17.6 Å². The van der Waals surface area contributed by atoms with Crippen molar-refractivity contribution in [1.82, 2.24) is 5.32 Å². The number of benzene rings is 1. The monoisotopic (exact) mass is 259 g/mol. The van der Waals surface area contributed by atoms with Crippen LogP contribution in [0.4, 0.5) is 0 Å². The van der Waals surface area contributed by atoms with E-state index in [1.54, 1.807) is 0 Å². The van der Waals surface area contributed by atoms with Crippen molar-refractivity contribution in [3.63, 3.8) is 0 Å². The number of fused-ring (bicyclic) bond motifs is 1. The number of phenols is 1. The van der Waals surface area contributed by atoms with E-state index in [2.05, 4.69) is 26.1 Å². The normalized spacial score (nSPS) is 33.6. The summed E-state index contributed by atoms with van der Waals surface area (Å²) in [4.78, 5) is 0. The molecule has 0 radical (unpaired) electrons. The van der Waals surface area contributed by atoms with Crippen LogP contribution in [0.5, 0.6) is 5.75 Å². The summed E-state index contributed by atoms with van der Waals surface area (Å²) in [6, 6.07) is 4.88. The van der Waals surface area contributed by atoms with Crippen molar-refractivity contribution >= 4 is 0 Å². The van der Waals surface area contributed by atoms with Gasteiger partial charge in [-0.05, 0) is 55.2 Å². The molecule has 3 rings (SSSR count). The third-order valence-electron chi connectivity index (χ3n) is 5.19. The highest BCUT2D eigenvalue weighted by Crippen LogP contribution is 2.46.